The van der Waals surface area contributed by atoms with Crippen LogP contribution >= 0.6 is 0 Å². The number of aryl methyl sites for hydroxylation is 1. The number of carbonyl (C=O) groups is 1. The summed E-state index contributed by atoms with van der Waals surface area (Å²) in [7, 11) is 0. The molecule has 0 heterocycles. The van der Waals surface area contributed by atoms with Crippen LogP contribution < -0.4 is 5.32 Å². The molecule has 0 saturated heterocycles. The van der Waals surface area contributed by atoms with Crippen LogP contribution in [0.1, 0.15) is 12.5 Å². The summed E-state index contributed by atoms with van der Waals surface area (Å²) >= 11 is 0. The Labute approximate surface area is 77.4 Å². The molecule has 0 amide bonds. The van der Waals surface area contributed by atoms with E-state index in [2.05, 4.69) is 5.32 Å². The molecule has 1 unspecified atom stereocenters. The summed E-state index contributed by atoms with van der Waals surface area (Å²) in [6.45, 7) is 3.58. The smallest absolute Gasteiger partial charge is 0.325 e. The minimum Gasteiger partial charge on any atom is -0.480 e. The second kappa shape index (κ2) is 3.94. The molecule has 2 N–H and O–H groups in total. The van der Waals surface area contributed by atoms with Crippen LogP contribution in [0.25, 0.3) is 0 Å². The highest BCUT2D eigenvalue weighted by Gasteiger charge is 2.09. The molecule has 0 bridgehead atoms. The molecular weight excluding hydrogens is 166 g/mol. The average molecular weight is 179 g/mol. The molecule has 0 aliphatic carbocycles. The number of carboxylic acid groups (broad SMARTS) is 1. The minimum atomic E-state index is -0.846. The van der Waals surface area contributed by atoms with Crippen molar-refractivity contribution in [2.75, 3.05) is 5.32 Å². The number of rotatable bonds is 3. The van der Waals surface area contributed by atoms with Gasteiger partial charge >= 0.3 is 5.97 Å². The van der Waals surface area contributed by atoms with E-state index in [0.29, 0.717) is 0 Å². The molecule has 0 aliphatic heterocycles. The first-order chi connectivity index (χ1) is 6.09. The number of hydrogen-bond acceptors (Lipinski definition) is 2. The van der Waals surface area contributed by atoms with E-state index in [1.54, 1.807) is 6.92 Å². The van der Waals surface area contributed by atoms with Crippen molar-refractivity contribution in [1.29, 1.82) is 0 Å². The van der Waals surface area contributed by atoms with Crippen LogP contribution in [0.3, 0.4) is 0 Å². The first-order valence-electron chi connectivity index (χ1n) is 4.15. The predicted molar refractivity (Wildman–Crippen MR) is 51.9 cm³/mol. The van der Waals surface area contributed by atoms with Gasteiger partial charge in [-0.25, -0.2) is 0 Å². The van der Waals surface area contributed by atoms with E-state index in [-0.39, 0.29) is 0 Å². The lowest BCUT2D eigenvalue weighted by Gasteiger charge is -2.10. The third-order valence-corrected chi connectivity index (χ3v) is 1.77. The van der Waals surface area contributed by atoms with Crippen molar-refractivity contribution < 1.29 is 9.90 Å². The third-order valence-electron chi connectivity index (χ3n) is 1.77. The molecule has 13 heavy (non-hydrogen) atoms. The predicted octanol–water partition coefficient (Wildman–Crippen LogP) is 1.88. The van der Waals surface area contributed by atoms with Crippen LogP contribution in [0.5, 0.6) is 0 Å². The molecule has 0 aromatic heterocycles. The van der Waals surface area contributed by atoms with Crippen LogP contribution in [0, 0.1) is 6.92 Å². The van der Waals surface area contributed by atoms with Gasteiger partial charge in [0.25, 0.3) is 0 Å². The topological polar surface area (TPSA) is 49.3 Å². The molecule has 1 aromatic carbocycles. The minimum absolute atomic E-state index is 0.554. The summed E-state index contributed by atoms with van der Waals surface area (Å²) in [4.78, 5) is 10.5. The van der Waals surface area contributed by atoms with Gasteiger partial charge in [0, 0.05) is 5.69 Å². The number of hydrogen-bond donors (Lipinski definition) is 2. The van der Waals surface area contributed by atoms with Gasteiger partial charge in [0.1, 0.15) is 6.04 Å². The van der Waals surface area contributed by atoms with Gasteiger partial charge in [0.05, 0.1) is 0 Å². The summed E-state index contributed by atoms with van der Waals surface area (Å²) in [5.74, 6) is -0.846. The van der Waals surface area contributed by atoms with Crippen molar-refractivity contribution in [3.05, 3.63) is 29.8 Å². The van der Waals surface area contributed by atoms with Gasteiger partial charge in [-0.15, -0.1) is 0 Å². The van der Waals surface area contributed by atoms with E-state index in [1.807, 2.05) is 31.2 Å². The monoisotopic (exact) mass is 179 g/mol. The van der Waals surface area contributed by atoms with Crippen molar-refractivity contribution >= 4 is 11.7 Å². The zero-order valence-corrected chi connectivity index (χ0v) is 7.74. The van der Waals surface area contributed by atoms with Crippen LogP contribution in [0.4, 0.5) is 5.69 Å². The van der Waals surface area contributed by atoms with Gasteiger partial charge in [-0.1, -0.05) is 12.1 Å². The largest absolute Gasteiger partial charge is 0.480 e. The lowest BCUT2D eigenvalue weighted by Crippen LogP contribution is -2.25. The number of anilines is 1. The Morgan fingerprint density at radius 2 is 2.23 bits per heavy atom. The highest BCUT2D eigenvalue weighted by atomic mass is 16.4. The first kappa shape index (κ1) is 9.58. The Morgan fingerprint density at radius 3 is 2.77 bits per heavy atom. The zero-order chi connectivity index (χ0) is 9.84. The summed E-state index contributed by atoms with van der Waals surface area (Å²) in [6.07, 6.45) is 0. The Hall–Kier alpha value is -1.51. The van der Waals surface area contributed by atoms with Gasteiger partial charge in [-0.05, 0) is 31.5 Å². The zero-order valence-electron chi connectivity index (χ0n) is 7.74. The second-order valence-corrected chi connectivity index (χ2v) is 3.07. The quantitative estimate of drug-likeness (QED) is 0.744. The maximum Gasteiger partial charge on any atom is 0.325 e. The molecule has 0 radical (unpaired) electrons. The molecule has 0 fully saturated rings. The summed E-state index contributed by atoms with van der Waals surface area (Å²) < 4.78 is 0. The van der Waals surface area contributed by atoms with Crippen molar-refractivity contribution in [3.8, 4) is 0 Å². The normalized spacial score (nSPS) is 12.2. The lowest BCUT2D eigenvalue weighted by atomic mass is 10.2. The molecular formula is C10H13NO2. The molecule has 70 valence electrons. The Kier molecular flexibility index (Phi) is 2.90. The maximum absolute atomic E-state index is 10.5. The standard InChI is InChI=1S/C10H13NO2/c1-7-4-3-5-9(6-7)11-8(2)10(12)13/h3-6,8,11H,1-2H3,(H,12,13). The Balaban J connectivity index is 2.69. The first-order valence-corrected chi connectivity index (χ1v) is 4.15. The summed E-state index contributed by atoms with van der Waals surface area (Å²) in [5, 5.41) is 11.5. The van der Waals surface area contributed by atoms with E-state index in [1.165, 1.54) is 0 Å². The van der Waals surface area contributed by atoms with Crippen molar-refractivity contribution in [2.24, 2.45) is 0 Å². The van der Waals surface area contributed by atoms with Crippen molar-refractivity contribution in [2.45, 2.75) is 19.9 Å². The fraction of sp³-hybridized carbons (Fsp3) is 0.300. The fourth-order valence-corrected chi connectivity index (χ4v) is 1.05. The van der Waals surface area contributed by atoms with Crippen LogP contribution in [0.15, 0.2) is 24.3 Å². The maximum atomic E-state index is 10.5. The van der Waals surface area contributed by atoms with Crippen LogP contribution in [-0.4, -0.2) is 17.1 Å². The van der Waals surface area contributed by atoms with Gasteiger partial charge in [-0.2, -0.15) is 0 Å². The van der Waals surface area contributed by atoms with E-state index in [4.69, 9.17) is 5.11 Å². The van der Waals surface area contributed by atoms with Crippen molar-refractivity contribution in [1.82, 2.24) is 0 Å². The molecule has 0 saturated carbocycles. The molecule has 0 aliphatic rings. The van der Waals surface area contributed by atoms with E-state index in [0.717, 1.165) is 11.3 Å². The molecule has 1 atom stereocenters. The number of benzene rings is 1. The van der Waals surface area contributed by atoms with E-state index in [9.17, 15) is 4.79 Å². The van der Waals surface area contributed by atoms with Crippen LogP contribution in [0.2, 0.25) is 0 Å². The number of aliphatic carboxylic acids is 1. The molecule has 1 rings (SSSR count). The summed E-state index contributed by atoms with van der Waals surface area (Å²) in [5.41, 5.74) is 1.96. The highest BCUT2D eigenvalue weighted by molar-refractivity contribution is 5.76. The average Bonchev–Trinajstić information content (AvgIpc) is 2.04. The van der Waals surface area contributed by atoms with E-state index < -0.39 is 12.0 Å². The van der Waals surface area contributed by atoms with Crippen molar-refractivity contribution in [3.63, 3.8) is 0 Å². The number of carboxylic acids is 1. The summed E-state index contributed by atoms with van der Waals surface area (Å²) in [6, 6.07) is 7.08. The molecule has 3 nitrogen and oxygen atoms in total. The van der Waals surface area contributed by atoms with Crippen LogP contribution in [-0.2, 0) is 4.79 Å². The Morgan fingerprint density at radius 1 is 1.54 bits per heavy atom. The van der Waals surface area contributed by atoms with E-state index >= 15 is 0 Å². The van der Waals surface area contributed by atoms with Gasteiger partial charge in [0.2, 0.25) is 0 Å². The highest BCUT2D eigenvalue weighted by Crippen LogP contribution is 2.10. The van der Waals surface area contributed by atoms with Gasteiger partial charge in [0.15, 0.2) is 0 Å². The molecule has 0 spiro atoms. The van der Waals surface area contributed by atoms with Gasteiger partial charge in [-0.3, -0.25) is 4.79 Å². The fourth-order valence-electron chi connectivity index (χ4n) is 1.05. The van der Waals surface area contributed by atoms with Gasteiger partial charge < -0.3 is 10.4 Å². The third kappa shape index (κ3) is 2.78. The SMILES string of the molecule is Cc1cccc(NC(C)C(=O)O)c1. The number of nitrogens with one attached hydrogen (secondary N) is 1. The molecule has 3 heteroatoms. The molecule has 1 aromatic rings. The lowest BCUT2D eigenvalue weighted by molar-refractivity contribution is -0.137. The Bertz CT molecular complexity index is 310. The second-order valence-electron chi connectivity index (χ2n) is 3.07.